The highest BCUT2D eigenvalue weighted by Crippen LogP contribution is 2.11. The number of nitrogens with one attached hydrogen (secondary N) is 1. The highest BCUT2D eigenvalue weighted by atomic mass is 16.5. The van der Waals surface area contributed by atoms with Crippen molar-refractivity contribution in [2.24, 2.45) is 5.92 Å². The number of methoxy groups -OCH3 is 1. The summed E-state index contributed by atoms with van der Waals surface area (Å²) in [5.41, 5.74) is 0. The molecule has 16 heavy (non-hydrogen) atoms. The molecule has 1 aliphatic rings. The third-order valence-corrected chi connectivity index (χ3v) is 2.66. The lowest BCUT2D eigenvalue weighted by Crippen LogP contribution is -2.49. The number of rotatable bonds is 5. The molecular formula is C11H21NO4. The van der Waals surface area contributed by atoms with Gasteiger partial charge in [-0.3, -0.25) is 10.1 Å². The molecule has 2 N–H and O–H groups in total. The normalized spacial score (nSPS) is 27.1. The van der Waals surface area contributed by atoms with Crippen LogP contribution in [0.2, 0.25) is 0 Å². The first-order valence-corrected chi connectivity index (χ1v) is 5.64. The van der Waals surface area contributed by atoms with E-state index in [9.17, 15) is 9.90 Å². The molecule has 5 nitrogen and oxygen atoms in total. The molecule has 1 aliphatic heterocycles. The third kappa shape index (κ3) is 3.73. The smallest absolute Gasteiger partial charge is 0.322 e. The van der Waals surface area contributed by atoms with Crippen LogP contribution in [0.3, 0.4) is 0 Å². The van der Waals surface area contributed by atoms with E-state index in [0.29, 0.717) is 25.6 Å². The average molecular weight is 231 g/mol. The van der Waals surface area contributed by atoms with Crippen LogP contribution in [0.5, 0.6) is 0 Å². The third-order valence-electron chi connectivity index (χ3n) is 2.66. The van der Waals surface area contributed by atoms with E-state index in [0.717, 1.165) is 0 Å². The van der Waals surface area contributed by atoms with Gasteiger partial charge < -0.3 is 14.6 Å². The summed E-state index contributed by atoms with van der Waals surface area (Å²) in [7, 11) is 1.37. The molecule has 0 amide bonds. The van der Waals surface area contributed by atoms with Crippen molar-refractivity contribution in [3.05, 3.63) is 0 Å². The quantitative estimate of drug-likeness (QED) is 0.648. The Morgan fingerprint density at radius 1 is 1.56 bits per heavy atom. The van der Waals surface area contributed by atoms with Crippen molar-refractivity contribution >= 4 is 5.97 Å². The van der Waals surface area contributed by atoms with Gasteiger partial charge in [-0.2, -0.15) is 0 Å². The predicted molar refractivity (Wildman–Crippen MR) is 59.0 cm³/mol. The van der Waals surface area contributed by atoms with Crippen molar-refractivity contribution in [3.8, 4) is 0 Å². The predicted octanol–water partition coefficient (Wildman–Crippen LogP) is -0.0766. The molecule has 5 heteroatoms. The number of ether oxygens (including phenoxy) is 2. The minimum Gasteiger partial charge on any atom is -0.468 e. The molecule has 3 atom stereocenters. The monoisotopic (exact) mass is 231 g/mol. The molecule has 1 saturated heterocycles. The van der Waals surface area contributed by atoms with E-state index in [1.165, 1.54) is 7.11 Å². The minimum absolute atomic E-state index is 0.178. The average Bonchev–Trinajstić information content (AvgIpc) is 2.61. The molecule has 0 aromatic carbocycles. The first kappa shape index (κ1) is 13.4. The molecule has 0 bridgehead atoms. The molecule has 0 aromatic heterocycles. The highest BCUT2D eigenvalue weighted by molar-refractivity contribution is 5.75. The fourth-order valence-electron chi connectivity index (χ4n) is 1.81. The number of esters is 1. The van der Waals surface area contributed by atoms with Crippen LogP contribution in [0.1, 0.15) is 20.3 Å². The molecule has 0 aromatic rings. The Labute approximate surface area is 96.1 Å². The summed E-state index contributed by atoms with van der Waals surface area (Å²) in [4.78, 5) is 11.5. The number of carbonyl (C=O) groups excluding carboxylic acids is 1. The van der Waals surface area contributed by atoms with Crippen LogP contribution >= 0.6 is 0 Å². The summed E-state index contributed by atoms with van der Waals surface area (Å²) in [5.74, 6) is 0.101. The first-order valence-electron chi connectivity index (χ1n) is 5.64. The van der Waals surface area contributed by atoms with Gasteiger partial charge in [-0.05, 0) is 12.3 Å². The zero-order chi connectivity index (χ0) is 12.1. The number of hydrogen-bond donors (Lipinski definition) is 2. The Bertz CT molecular complexity index is 232. The van der Waals surface area contributed by atoms with E-state index in [2.05, 4.69) is 5.32 Å². The van der Waals surface area contributed by atoms with Crippen molar-refractivity contribution in [2.75, 3.05) is 20.3 Å². The zero-order valence-electron chi connectivity index (χ0n) is 10.1. The molecule has 1 rings (SSSR count). The number of aliphatic hydroxyl groups is 1. The SMILES string of the molecule is COC(=O)C(CC(C)C)NC1COCC1O. The molecule has 0 saturated carbocycles. The topological polar surface area (TPSA) is 67.8 Å². The molecule has 94 valence electrons. The van der Waals surface area contributed by atoms with Gasteiger partial charge in [0.25, 0.3) is 0 Å². The summed E-state index contributed by atoms with van der Waals surface area (Å²) in [6.45, 7) is 4.85. The standard InChI is InChI=1S/C11H21NO4/c1-7(2)4-8(11(14)15-3)12-9-5-16-6-10(9)13/h7-10,12-13H,4-6H2,1-3H3. The molecule has 3 unspecified atom stereocenters. The lowest BCUT2D eigenvalue weighted by molar-refractivity contribution is -0.144. The highest BCUT2D eigenvalue weighted by Gasteiger charge is 2.31. The van der Waals surface area contributed by atoms with Crippen molar-refractivity contribution < 1.29 is 19.4 Å². The minimum atomic E-state index is -0.542. The van der Waals surface area contributed by atoms with E-state index in [-0.39, 0.29) is 18.1 Å². The van der Waals surface area contributed by atoms with Crippen molar-refractivity contribution in [1.29, 1.82) is 0 Å². The largest absolute Gasteiger partial charge is 0.468 e. The maximum atomic E-state index is 11.5. The zero-order valence-corrected chi connectivity index (χ0v) is 10.1. The van der Waals surface area contributed by atoms with Crippen molar-refractivity contribution in [2.45, 2.75) is 38.5 Å². The molecular weight excluding hydrogens is 210 g/mol. The lowest BCUT2D eigenvalue weighted by Gasteiger charge is -2.23. The fourth-order valence-corrected chi connectivity index (χ4v) is 1.81. The van der Waals surface area contributed by atoms with E-state index >= 15 is 0 Å². The summed E-state index contributed by atoms with van der Waals surface area (Å²) < 4.78 is 9.86. The van der Waals surface area contributed by atoms with Gasteiger partial charge in [0.05, 0.1) is 32.5 Å². The Kier molecular flexibility index (Phi) is 5.18. The number of hydrogen-bond acceptors (Lipinski definition) is 5. The Balaban J connectivity index is 2.52. The van der Waals surface area contributed by atoms with Crippen molar-refractivity contribution in [1.82, 2.24) is 5.32 Å². The molecule has 0 spiro atoms. The maximum absolute atomic E-state index is 11.5. The lowest BCUT2D eigenvalue weighted by atomic mass is 10.0. The Morgan fingerprint density at radius 2 is 2.25 bits per heavy atom. The Morgan fingerprint density at radius 3 is 2.69 bits per heavy atom. The van der Waals surface area contributed by atoms with E-state index in [1.54, 1.807) is 0 Å². The van der Waals surface area contributed by atoms with Crippen LogP contribution in [0, 0.1) is 5.92 Å². The molecule has 0 radical (unpaired) electrons. The van der Waals surface area contributed by atoms with Gasteiger partial charge in [-0.15, -0.1) is 0 Å². The van der Waals surface area contributed by atoms with E-state index < -0.39 is 6.10 Å². The van der Waals surface area contributed by atoms with Gasteiger partial charge in [0.15, 0.2) is 0 Å². The van der Waals surface area contributed by atoms with Crippen LogP contribution in [0.4, 0.5) is 0 Å². The summed E-state index contributed by atoms with van der Waals surface area (Å²) in [6.07, 6.45) is 0.148. The van der Waals surface area contributed by atoms with Crippen molar-refractivity contribution in [3.63, 3.8) is 0 Å². The van der Waals surface area contributed by atoms with Gasteiger partial charge in [-0.25, -0.2) is 0 Å². The van der Waals surface area contributed by atoms with Crippen LogP contribution in [0.25, 0.3) is 0 Å². The van der Waals surface area contributed by atoms with Crippen LogP contribution < -0.4 is 5.32 Å². The van der Waals surface area contributed by atoms with Crippen LogP contribution in [0.15, 0.2) is 0 Å². The number of aliphatic hydroxyl groups excluding tert-OH is 1. The maximum Gasteiger partial charge on any atom is 0.322 e. The van der Waals surface area contributed by atoms with Gasteiger partial charge >= 0.3 is 5.97 Å². The van der Waals surface area contributed by atoms with E-state index in [4.69, 9.17) is 9.47 Å². The molecule has 0 aliphatic carbocycles. The molecule has 1 fully saturated rings. The second kappa shape index (κ2) is 6.18. The van der Waals surface area contributed by atoms with Crippen LogP contribution in [-0.4, -0.2) is 49.6 Å². The van der Waals surface area contributed by atoms with Gasteiger partial charge in [0.2, 0.25) is 0 Å². The fraction of sp³-hybridized carbons (Fsp3) is 0.909. The second-order valence-electron chi connectivity index (χ2n) is 4.58. The van der Waals surface area contributed by atoms with E-state index in [1.807, 2.05) is 13.8 Å². The van der Waals surface area contributed by atoms with Crippen LogP contribution in [-0.2, 0) is 14.3 Å². The molecule has 1 heterocycles. The van der Waals surface area contributed by atoms with Gasteiger partial charge in [0, 0.05) is 0 Å². The van der Waals surface area contributed by atoms with Gasteiger partial charge in [-0.1, -0.05) is 13.8 Å². The summed E-state index contributed by atoms with van der Waals surface area (Å²) >= 11 is 0. The van der Waals surface area contributed by atoms with Gasteiger partial charge in [0.1, 0.15) is 6.04 Å². The Hall–Kier alpha value is -0.650. The summed E-state index contributed by atoms with van der Waals surface area (Å²) in [6, 6.07) is -0.547. The second-order valence-corrected chi connectivity index (χ2v) is 4.58. The number of carbonyl (C=O) groups is 1. The summed E-state index contributed by atoms with van der Waals surface area (Å²) in [5, 5.41) is 12.7. The first-order chi connectivity index (χ1) is 7.54.